The van der Waals surface area contributed by atoms with Gasteiger partial charge in [0.1, 0.15) is 17.2 Å². The molecule has 5 rings (SSSR count). The number of carbonyl (C=O) groups excluding carboxylic acids is 2. The third kappa shape index (κ3) is 4.42. The smallest absolute Gasteiger partial charge is 0.274 e. The van der Waals surface area contributed by atoms with Crippen molar-refractivity contribution >= 4 is 28.3 Å². The van der Waals surface area contributed by atoms with E-state index in [-0.39, 0.29) is 46.0 Å². The lowest BCUT2D eigenvalue weighted by Gasteiger charge is -2.27. The van der Waals surface area contributed by atoms with Gasteiger partial charge in [0.25, 0.3) is 11.8 Å². The third-order valence-corrected chi connectivity index (χ3v) is 7.69. The lowest BCUT2D eigenvalue weighted by molar-refractivity contribution is 0.0684. The Hall–Kier alpha value is -3.27. The lowest BCUT2D eigenvalue weighted by Crippen LogP contribution is -2.45. The molecule has 0 unspecified atom stereocenters. The van der Waals surface area contributed by atoms with E-state index in [0.717, 1.165) is 18.5 Å². The number of aryl methyl sites for hydroxylation is 1. The number of nitrogen functional groups attached to an aromatic ring is 1. The maximum atomic E-state index is 13.8. The van der Waals surface area contributed by atoms with Crippen molar-refractivity contribution in [3.8, 4) is 10.4 Å². The molecule has 2 aromatic heterocycles. The van der Waals surface area contributed by atoms with Crippen LogP contribution in [0.25, 0.3) is 10.4 Å². The summed E-state index contributed by atoms with van der Waals surface area (Å²) in [4.78, 5) is 33.3. The van der Waals surface area contributed by atoms with Gasteiger partial charge in [0.2, 0.25) is 0 Å². The van der Waals surface area contributed by atoms with Crippen molar-refractivity contribution in [1.82, 2.24) is 25.0 Å². The Morgan fingerprint density at radius 3 is 2.71 bits per heavy atom. The highest BCUT2D eigenvalue weighted by Crippen LogP contribution is 2.49. The molecule has 8 nitrogen and oxygen atoms in total. The SMILES string of the molecule is Cn1nc(C(C)(C)C)cc1C(=O)NC[C@@H]1C[C@@H]2C[C@@H]2N1C(=O)c1nc(N)sc1-c1cccc(F)c1. The number of nitrogens with zero attached hydrogens (tertiary/aromatic N) is 4. The molecule has 0 bridgehead atoms. The topological polar surface area (TPSA) is 106 Å². The van der Waals surface area contributed by atoms with Crippen molar-refractivity contribution in [2.45, 2.75) is 51.1 Å². The summed E-state index contributed by atoms with van der Waals surface area (Å²) < 4.78 is 15.4. The van der Waals surface area contributed by atoms with Crippen molar-refractivity contribution in [1.29, 1.82) is 0 Å². The Labute approximate surface area is 207 Å². The Morgan fingerprint density at radius 1 is 1.26 bits per heavy atom. The van der Waals surface area contributed by atoms with Gasteiger partial charge in [0, 0.05) is 25.0 Å². The van der Waals surface area contributed by atoms with E-state index in [0.29, 0.717) is 28.6 Å². The largest absolute Gasteiger partial charge is 0.375 e. The molecule has 2 aliphatic rings. The summed E-state index contributed by atoms with van der Waals surface area (Å²) in [6, 6.07) is 7.89. The molecule has 0 radical (unpaired) electrons. The molecule has 10 heteroatoms. The first-order chi connectivity index (χ1) is 16.5. The van der Waals surface area contributed by atoms with Gasteiger partial charge in [0.15, 0.2) is 5.13 Å². The quantitative estimate of drug-likeness (QED) is 0.562. The molecular weight excluding hydrogens is 467 g/mol. The molecule has 1 aliphatic carbocycles. The molecule has 35 heavy (non-hydrogen) atoms. The lowest BCUT2D eigenvalue weighted by atomic mass is 9.92. The minimum absolute atomic E-state index is 0.136. The summed E-state index contributed by atoms with van der Waals surface area (Å²) >= 11 is 1.17. The molecule has 2 amide bonds. The molecule has 3 heterocycles. The number of piperidine rings is 1. The van der Waals surface area contributed by atoms with Crippen molar-refractivity contribution in [3.63, 3.8) is 0 Å². The van der Waals surface area contributed by atoms with Crippen molar-refractivity contribution in [2.24, 2.45) is 13.0 Å². The molecule has 3 atom stereocenters. The number of anilines is 1. The second kappa shape index (κ2) is 8.44. The number of thiazole rings is 1. The van der Waals surface area contributed by atoms with E-state index in [1.807, 2.05) is 11.0 Å². The van der Waals surface area contributed by atoms with Crippen LogP contribution in [0.1, 0.15) is 60.3 Å². The standard InChI is InChI=1S/C25H29FN6O2S/c1-25(2,3)19-11-18(31(4)30-19)22(33)28-12-16-9-14-10-17(14)32(16)23(34)20-21(35-24(27)29-20)13-6-5-7-15(26)8-13/h5-8,11,14,16-17H,9-10,12H2,1-4H3,(H2,27,29)(H,28,33)/t14-,16+,17+/m1/s1. The normalized spacial score (nSPS) is 21.2. The fraction of sp³-hybridized carbons (Fsp3) is 0.440. The predicted molar refractivity (Wildman–Crippen MR) is 133 cm³/mol. The molecule has 184 valence electrons. The van der Waals surface area contributed by atoms with E-state index >= 15 is 0 Å². The molecule has 3 aromatic rings. The van der Waals surface area contributed by atoms with Crippen LogP contribution in [-0.4, -0.2) is 50.1 Å². The molecule has 1 saturated carbocycles. The van der Waals surface area contributed by atoms with Crippen LogP contribution < -0.4 is 11.1 Å². The van der Waals surface area contributed by atoms with Crippen molar-refractivity contribution < 1.29 is 14.0 Å². The Bertz CT molecular complexity index is 1310. The number of carbonyl (C=O) groups is 2. The number of benzene rings is 1. The maximum Gasteiger partial charge on any atom is 0.274 e. The van der Waals surface area contributed by atoms with E-state index in [4.69, 9.17) is 5.73 Å². The Morgan fingerprint density at radius 2 is 2.03 bits per heavy atom. The van der Waals surface area contributed by atoms with E-state index in [1.165, 1.54) is 23.5 Å². The second-order valence-electron chi connectivity index (χ2n) is 10.4. The van der Waals surface area contributed by atoms with E-state index in [9.17, 15) is 14.0 Å². The van der Waals surface area contributed by atoms with Crippen LogP contribution in [-0.2, 0) is 12.5 Å². The van der Waals surface area contributed by atoms with Crippen LogP contribution in [0.3, 0.4) is 0 Å². The summed E-state index contributed by atoms with van der Waals surface area (Å²) in [5.41, 5.74) is 7.93. The fourth-order valence-electron chi connectivity index (χ4n) is 4.83. The average Bonchev–Trinajstić information content (AvgIpc) is 3.10. The second-order valence-corrected chi connectivity index (χ2v) is 11.4. The number of fused-ring (bicyclic) bond motifs is 1. The molecule has 1 saturated heterocycles. The van der Waals surface area contributed by atoms with Gasteiger partial charge in [0.05, 0.1) is 16.6 Å². The minimum atomic E-state index is -0.387. The number of nitrogens with two attached hydrogens (primary N) is 1. The number of rotatable bonds is 5. The van der Waals surface area contributed by atoms with Gasteiger partial charge in [-0.3, -0.25) is 14.3 Å². The van der Waals surface area contributed by atoms with Gasteiger partial charge in [-0.05, 0) is 42.5 Å². The van der Waals surface area contributed by atoms with Gasteiger partial charge >= 0.3 is 0 Å². The van der Waals surface area contributed by atoms with Crippen LogP contribution in [0.15, 0.2) is 30.3 Å². The zero-order valence-electron chi connectivity index (χ0n) is 20.2. The van der Waals surface area contributed by atoms with Crippen LogP contribution in [0, 0.1) is 11.7 Å². The molecular formula is C25H29FN6O2S. The van der Waals surface area contributed by atoms with Crippen LogP contribution >= 0.6 is 11.3 Å². The van der Waals surface area contributed by atoms with E-state index in [2.05, 4.69) is 36.2 Å². The summed E-state index contributed by atoms with van der Waals surface area (Å²) in [5.74, 6) is -0.404. The van der Waals surface area contributed by atoms with Crippen LogP contribution in [0.4, 0.5) is 9.52 Å². The number of nitrogens with one attached hydrogen (secondary N) is 1. The number of halogens is 1. The number of hydrogen-bond donors (Lipinski definition) is 2. The monoisotopic (exact) mass is 496 g/mol. The fourth-order valence-corrected chi connectivity index (χ4v) is 5.65. The zero-order valence-corrected chi connectivity index (χ0v) is 21.0. The van der Waals surface area contributed by atoms with Gasteiger partial charge in [-0.15, -0.1) is 0 Å². The van der Waals surface area contributed by atoms with Crippen molar-refractivity contribution in [3.05, 3.63) is 53.2 Å². The Balaban J connectivity index is 1.34. The number of likely N-dealkylation sites (tertiary alicyclic amines) is 1. The van der Waals surface area contributed by atoms with Gasteiger partial charge in [-0.2, -0.15) is 5.10 Å². The summed E-state index contributed by atoms with van der Waals surface area (Å²) in [6.07, 6.45) is 1.77. The molecule has 0 spiro atoms. The van der Waals surface area contributed by atoms with Crippen LogP contribution in [0.5, 0.6) is 0 Å². The predicted octanol–water partition coefficient (Wildman–Crippen LogP) is 3.60. The van der Waals surface area contributed by atoms with E-state index in [1.54, 1.807) is 23.9 Å². The number of hydrogen-bond acceptors (Lipinski definition) is 6. The molecule has 1 aliphatic heterocycles. The highest BCUT2D eigenvalue weighted by atomic mass is 32.1. The molecule has 3 N–H and O–H groups in total. The van der Waals surface area contributed by atoms with Gasteiger partial charge in [-0.1, -0.05) is 44.2 Å². The number of aromatic nitrogens is 3. The highest BCUT2D eigenvalue weighted by Gasteiger charge is 2.54. The average molecular weight is 497 g/mol. The van der Waals surface area contributed by atoms with Gasteiger partial charge < -0.3 is 16.0 Å². The first-order valence-electron chi connectivity index (χ1n) is 11.7. The zero-order chi connectivity index (χ0) is 25.1. The third-order valence-electron chi connectivity index (χ3n) is 6.76. The van der Waals surface area contributed by atoms with E-state index < -0.39 is 0 Å². The maximum absolute atomic E-state index is 13.8. The van der Waals surface area contributed by atoms with Crippen LogP contribution in [0.2, 0.25) is 0 Å². The molecule has 1 aromatic carbocycles. The summed E-state index contributed by atoms with van der Waals surface area (Å²) in [7, 11) is 1.76. The summed E-state index contributed by atoms with van der Waals surface area (Å²) in [6.45, 7) is 6.49. The first-order valence-corrected chi connectivity index (χ1v) is 12.5. The van der Waals surface area contributed by atoms with Crippen molar-refractivity contribution in [2.75, 3.05) is 12.3 Å². The first kappa shape index (κ1) is 23.5. The summed E-state index contributed by atoms with van der Waals surface area (Å²) in [5, 5.41) is 7.73. The highest BCUT2D eigenvalue weighted by molar-refractivity contribution is 7.19. The van der Waals surface area contributed by atoms with Gasteiger partial charge in [-0.25, -0.2) is 9.37 Å². The molecule has 2 fully saturated rings. The number of amides is 2. The minimum Gasteiger partial charge on any atom is -0.375 e. The Kier molecular flexibility index (Phi) is 5.66.